The Hall–Kier alpha value is -0.690. The lowest BCUT2D eigenvalue weighted by Crippen LogP contribution is -2.29. The zero-order chi connectivity index (χ0) is 13.5. The minimum Gasteiger partial charge on any atom is -0.376 e. The largest absolute Gasteiger partial charge is 0.376 e. The fourth-order valence-corrected chi connectivity index (χ4v) is 2.88. The molecule has 1 aliphatic carbocycles. The van der Waals surface area contributed by atoms with Gasteiger partial charge in [0.15, 0.2) is 0 Å². The molecule has 1 saturated carbocycles. The number of ether oxygens (including phenoxy) is 1. The Labute approximate surface area is 129 Å². The summed E-state index contributed by atoms with van der Waals surface area (Å²) in [5.41, 5.74) is 5.91. The summed E-state index contributed by atoms with van der Waals surface area (Å²) in [4.78, 5) is 15.9. The first-order chi connectivity index (χ1) is 9.29. The second kappa shape index (κ2) is 9.28. The molecule has 0 radical (unpaired) electrons. The molecule has 0 unspecified atom stereocenters. The summed E-state index contributed by atoms with van der Waals surface area (Å²) >= 11 is 1.41. The number of nitrogens with two attached hydrogens (primary N) is 1. The standard InChI is InChI=1S/C13H21N3O2S.ClH/c14-8-12-16-11(9-19-12)13(17)15-6-7-18-10-4-2-1-3-5-10;/h9-10H,1-8,14H2,(H,15,17);1H. The van der Waals surface area contributed by atoms with Gasteiger partial charge in [0.2, 0.25) is 0 Å². The first-order valence-corrected chi connectivity index (χ1v) is 7.72. The average molecular weight is 320 g/mol. The summed E-state index contributed by atoms with van der Waals surface area (Å²) < 4.78 is 5.74. The first-order valence-electron chi connectivity index (χ1n) is 6.84. The summed E-state index contributed by atoms with van der Waals surface area (Å²) in [5, 5.41) is 5.33. The predicted octanol–water partition coefficient (Wildman–Crippen LogP) is 2.10. The van der Waals surface area contributed by atoms with Crippen LogP contribution in [0.4, 0.5) is 0 Å². The van der Waals surface area contributed by atoms with Gasteiger partial charge in [-0.2, -0.15) is 0 Å². The van der Waals surface area contributed by atoms with Crippen LogP contribution in [0.3, 0.4) is 0 Å². The van der Waals surface area contributed by atoms with E-state index >= 15 is 0 Å². The van der Waals surface area contributed by atoms with Crippen LogP contribution in [0.5, 0.6) is 0 Å². The quantitative estimate of drug-likeness (QED) is 0.787. The van der Waals surface area contributed by atoms with Crippen molar-refractivity contribution >= 4 is 29.7 Å². The maximum absolute atomic E-state index is 11.8. The third-order valence-electron chi connectivity index (χ3n) is 3.25. The van der Waals surface area contributed by atoms with Crippen molar-refractivity contribution in [1.82, 2.24) is 10.3 Å². The van der Waals surface area contributed by atoms with Crippen molar-refractivity contribution in [1.29, 1.82) is 0 Å². The van der Waals surface area contributed by atoms with Gasteiger partial charge in [-0.1, -0.05) is 19.3 Å². The molecule has 0 spiro atoms. The van der Waals surface area contributed by atoms with Crippen molar-refractivity contribution in [3.63, 3.8) is 0 Å². The van der Waals surface area contributed by atoms with Crippen molar-refractivity contribution in [2.24, 2.45) is 5.73 Å². The highest BCUT2D eigenvalue weighted by Crippen LogP contribution is 2.19. The molecular weight excluding hydrogens is 298 g/mol. The van der Waals surface area contributed by atoms with Crippen LogP contribution in [0.2, 0.25) is 0 Å². The highest BCUT2D eigenvalue weighted by atomic mass is 35.5. The van der Waals surface area contributed by atoms with Gasteiger partial charge >= 0.3 is 0 Å². The van der Waals surface area contributed by atoms with Crippen LogP contribution in [-0.4, -0.2) is 30.1 Å². The molecule has 5 nitrogen and oxygen atoms in total. The summed E-state index contributed by atoms with van der Waals surface area (Å²) in [5.74, 6) is -0.150. The Bertz CT molecular complexity index is 408. The molecule has 114 valence electrons. The first kappa shape index (κ1) is 17.4. The maximum atomic E-state index is 11.8. The van der Waals surface area contributed by atoms with Gasteiger partial charge in [0.25, 0.3) is 5.91 Å². The summed E-state index contributed by atoms with van der Waals surface area (Å²) in [6.07, 6.45) is 6.54. The van der Waals surface area contributed by atoms with Gasteiger partial charge in [-0.05, 0) is 12.8 Å². The molecule has 0 aliphatic heterocycles. The van der Waals surface area contributed by atoms with Crippen molar-refractivity contribution < 1.29 is 9.53 Å². The van der Waals surface area contributed by atoms with Crippen LogP contribution >= 0.6 is 23.7 Å². The minimum atomic E-state index is -0.150. The number of halogens is 1. The SMILES string of the molecule is Cl.NCc1nc(C(=O)NCCOC2CCCCC2)cs1. The molecule has 1 fully saturated rings. The Morgan fingerprint density at radius 3 is 2.85 bits per heavy atom. The van der Waals surface area contributed by atoms with Crippen molar-refractivity contribution in [2.75, 3.05) is 13.2 Å². The zero-order valence-corrected chi connectivity index (χ0v) is 13.1. The van der Waals surface area contributed by atoms with E-state index in [9.17, 15) is 4.79 Å². The Morgan fingerprint density at radius 2 is 2.20 bits per heavy atom. The number of carbonyl (C=O) groups excluding carboxylic acids is 1. The van der Waals surface area contributed by atoms with E-state index in [0.29, 0.717) is 31.5 Å². The van der Waals surface area contributed by atoms with Crippen molar-refractivity contribution in [2.45, 2.75) is 44.8 Å². The number of aromatic nitrogens is 1. The van der Waals surface area contributed by atoms with Gasteiger partial charge in [0.1, 0.15) is 10.7 Å². The second-order valence-corrected chi connectivity index (χ2v) is 5.66. The fraction of sp³-hybridized carbons (Fsp3) is 0.692. The highest BCUT2D eigenvalue weighted by Gasteiger charge is 2.14. The van der Waals surface area contributed by atoms with Gasteiger partial charge in [-0.3, -0.25) is 4.79 Å². The topological polar surface area (TPSA) is 77.2 Å². The lowest BCUT2D eigenvalue weighted by Gasteiger charge is -2.21. The lowest BCUT2D eigenvalue weighted by atomic mass is 9.98. The summed E-state index contributed by atoms with van der Waals surface area (Å²) in [7, 11) is 0. The molecule has 7 heteroatoms. The highest BCUT2D eigenvalue weighted by molar-refractivity contribution is 7.09. The van der Waals surface area contributed by atoms with E-state index in [1.54, 1.807) is 5.38 Å². The van der Waals surface area contributed by atoms with Crippen LogP contribution in [0.1, 0.15) is 47.6 Å². The van der Waals surface area contributed by atoms with E-state index in [0.717, 1.165) is 17.8 Å². The Kier molecular flexibility index (Phi) is 8.06. The van der Waals surface area contributed by atoms with Gasteiger partial charge in [-0.15, -0.1) is 23.7 Å². The summed E-state index contributed by atoms with van der Waals surface area (Å²) in [6.45, 7) is 1.48. The third kappa shape index (κ3) is 5.36. The van der Waals surface area contributed by atoms with Crippen LogP contribution in [0.15, 0.2) is 5.38 Å². The lowest BCUT2D eigenvalue weighted by molar-refractivity contribution is 0.0299. The van der Waals surface area contributed by atoms with Crippen LogP contribution in [0.25, 0.3) is 0 Å². The zero-order valence-electron chi connectivity index (χ0n) is 11.5. The fourth-order valence-electron chi connectivity index (χ4n) is 2.22. The predicted molar refractivity (Wildman–Crippen MR) is 82.4 cm³/mol. The number of amides is 1. The molecule has 1 aliphatic rings. The molecule has 0 saturated heterocycles. The smallest absolute Gasteiger partial charge is 0.270 e. The molecule has 1 aromatic heterocycles. The third-order valence-corrected chi connectivity index (χ3v) is 4.12. The number of rotatable bonds is 6. The van der Waals surface area contributed by atoms with Crippen LogP contribution < -0.4 is 11.1 Å². The Balaban J connectivity index is 0.00000200. The van der Waals surface area contributed by atoms with E-state index in [2.05, 4.69) is 10.3 Å². The van der Waals surface area contributed by atoms with E-state index in [4.69, 9.17) is 10.5 Å². The van der Waals surface area contributed by atoms with Gasteiger partial charge in [0.05, 0.1) is 12.7 Å². The van der Waals surface area contributed by atoms with Gasteiger partial charge in [0, 0.05) is 18.5 Å². The molecule has 0 bridgehead atoms. The molecule has 0 aromatic carbocycles. The van der Waals surface area contributed by atoms with E-state index in [1.807, 2.05) is 0 Å². The molecule has 1 heterocycles. The normalized spacial score (nSPS) is 15.7. The van der Waals surface area contributed by atoms with Gasteiger partial charge < -0.3 is 15.8 Å². The van der Waals surface area contributed by atoms with Crippen molar-refractivity contribution in [3.8, 4) is 0 Å². The monoisotopic (exact) mass is 319 g/mol. The molecule has 20 heavy (non-hydrogen) atoms. The minimum absolute atomic E-state index is 0. The van der Waals surface area contributed by atoms with Crippen LogP contribution in [0, 0.1) is 0 Å². The van der Waals surface area contributed by atoms with Crippen molar-refractivity contribution in [3.05, 3.63) is 16.1 Å². The molecular formula is C13H22ClN3O2S. The Morgan fingerprint density at radius 1 is 1.45 bits per heavy atom. The number of nitrogens with zero attached hydrogens (tertiary/aromatic N) is 1. The van der Waals surface area contributed by atoms with E-state index in [-0.39, 0.29) is 18.3 Å². The van der Waals surface area contributed by atoms with E-state index < -0.39 is 0 Å². The number of thiazole rings is 1. The number of hydrogen-bond donors (Lipinski definition) is 2. The number of carbonyl (C=O) groups is 1. The maximum Gasteiger partial charge on any atom is 0.270 e. The number of nitrogens with one attached hydrogen (secondary N) is 1. The molecule has 3 N–H and O–H groups in total. The number of hydrogen-bond acceptors (Lipinski definition) is 5. The van der Waals surface area contributed by atoms with Crippen LogP contribution in [-0.2, 0) is 11.3 Å². The molecule has 1 aromatic rings. The molecule has 2 rings (SSSR count). The summed E-state index contributed by atoms with van der Waals surface area (Å²) in [6, 6.07) is 0. The molecule has 1 amide bonds. The van der Waals surface area contributed by atoms with Gasteiger partial charge in [-0.25, -0.2) is 4.98 Å². The van der Waals surface area contributed by atoms with E-state index in [1.165, 1.54) is 30.6 Å². The average Bonchev–Trinajstić information content (AvgIpc) is 2.93. The molecule has 0 atom stereocenters. The second-order valence-electron chi connectivity index (χ2n) is 4.72.